The van der Waals surface area contributed by atoms with Crippen molar-refractivity contribution in [1.29, 1.82) is 0 Å². The Hall–Kier alpha value is -0.0300. The molecule has 0 bridgehead atoms. The van der Waals surface area contributed by atoms with Crippen LogP contribution in [-0.4, -0.2) is 0 Å². The van der Waals surface area contributed by atoms with Gasteiger partial charge in [0.15, 0.2) is 0 Å². The normalized spacial score (nSPS) is 12.5. The molecule has 0 radical (unpaired) electrons. The Morgan fingerprint density at radius 2 is 1.79 bits per heavy atom. The molecule has 2 aromatic carbocycles. The van der Waals surface area contributed by atoms with Crippen LogP contribution < -0.4 is 0 Å². The van der Waals surface area contributed by atoms with E-state index in [0.29, 0.717) is 16.5 Å². The van der Waals surface area contributed by atoms with E-state index in [2.05, 4.69) is 22.6 Å². The molecule has 0 nitrogen and oxygen atoms in total. The molecule has 0 aromatic heterocycles. The minimum absolute atomic E-state index is 0.232. The highest BCUT2D eigenvalue weighted by Crippen LogP contribution is 2.31. The van der Waals surface area contributed by atoms with Crippen LogP contribution in [0.3, 0.4) is 0 Å². The fraction of sp³-hybridized carbons (Fsp3) is 0.143. The average Bonchev–Trinajstić information content (AvgIpc) is 2.33. The Kier molecular flexibility index (Phi) is 5.35. The van der Waals surface area contributed by atoms with Gasteiger partial charge in [-0.15, -0.1) is 11.6 Å². The van der Waals surface area contributed by atoms with E-state index < -0.39 is 0 Å². The van der Waals surface area contributed by atoms with Crippen molar-refractivity contribution in [1.82, 2.24) is 0 Å². The quantitative estimate of drug-likeness (QED) is 0.399. The Bertz CT molecular complexity index is 601. The third-order valence-electron chi connectivity index (χ3n) is 2.70. The van der Waals surface area contributed by atoms with Crippen LogP contribution >= 0.6 is 57.4 Å². The SMILES string of the molecule is Fc1ccc(C(Cl)Cc2ccc(Cl)c(Cl)c2)c(I)c1. The van der Waals surface area contributed by atoms with Crippen molar-refractivity contribution in [2.24, 2.45) is 0 Å². The van der Waals surface area contributed by atoms with E-state index in [1.54, 1.807) is 18.2 Å². The van der Waals surface area contributed by atoms with E-state index >= 15 is 0 Å². The summed E-state index contributed by atoms with van der Waals surface area (Å²) in [5.41, 5.74) is 1.91. The van der Waals surface area contributed by atoms with E-state index in [9.17, 15) is 4.39 Å². The molecule has 0 aliphatic carbocycles. The van der Waals surface area contributed by atoms with Gasteiger partial charge in [-0.05, 0) is 64.4 Å². The summed E-state index contributed by atoms with van der Waals surface area (Å²) in [4.78, 5) is 0. The lowest BCUT2D eigenvalue weighted by atomic mass is 10.0. The van der Waals surface area contributed by atoms with Gasteiger partial charge in [0, 0.05) is 3.57 Å². The molecule has 0 fully saturated rings. The molecule has 2 rings (SSSR count). The molecule has 0 saturated heterocycles. The van der Waals surface area contributed by atoms with Gasteiger partial charge in [0.05, 0.1) is 15.4 Å². The van der Waals surface area contributed by atoms with Crippen molar-refractivity contribution in [3.8, 4) is 0 Å². The molecule has 2 aromatic rings. The third kappa shape index (κ3) is 3.97. The van der Waals surface area contributed by atoms with Crippen LogP contribution in [0, 0.1) is 9.39 Å². The molecule has 0 heterocycles. The van der Waals surface area contributed by atoms with Gasteiger partial charge in [0.1, 0.15) is 5.82 Å². The van der Waals surface area contributed by atoms with E-state index in [1.165, 1.54) is 12.1 Å². The zero-order valence-corrected chi connectivity index (χ0v) is 14.1. The van der Waals surface area contributed by atoms with Crippen molar-refractivity contribution in [2.45, 2.75) is 11.8 Å². The predicted molar refractivity (Wildman–Crippen MR) is 87.9 cm³/mol. The third-order valence-corrected chi connectivity index (χ3v) is 4.76. The Morgan fingerprint density at radius 1 is 1.05 bits per heavy atom. The second-order valence-electron chi connectivity index (χ2n) is 4.09. The number of benzene rings is 2. The summed E-state index contributed by atoms with van der Waals surface area (Å²) in [7, 11) is 0. The second kappa shape index (κ2) is 6.61. The van der Waals surface area contributed by atoms with Crippen LogP contribution in [0.5, 0.6) is 0 Å². The van der Waals surface area contributed by atoms with Crippen molar-refractivity contribution in [2.75, 3.05) is 0 Å². The Morgan fingerprint density at radius 3 is 2.42 bits per heavy atom. The monoisotopic (exact) mass is 428 g/mol. The van der Waals surface area contributed by atoms with Crippen molar-refractivity contribution in [3.63, 3.8) is 0 Å². The van der Waals surface area contributed by atoms with Crippen LogP contribution in [0.4, 0.5) is 4.39 Å². The van der Waals surface area contributed by atoms with E-state index in [0.717, 1.165) is 14.7 Å². The Balaban J connectivity index is 2.20. The summed E-state index contributed by atoms with van der Waals surface area (Å²) in [6, 6.07) is 10.0. The number of halogens is 5. The molecule has 19 heavy (non-hydrogen) atoms. The maximum absolute atomic E-state index is 13.1. The van der Waals surface area contributed by atoms with Crippen LogP contribution in [0.2, 0.25) is 10.0 Å². The smallest absolute Gasteiger partial charge is 0.124 e. The maximum atomic E-state index is 13.1. The summed E-state index contributed by atoms with van der Waals surface area (Å²) in [5.74, 6) is -0.258. The van der Waals surface area contributed by atoms with Gasteiger partial charge in [0.25, 0.3) is 0 Å². The molecule has 0 aliphatic rings. The second-order valence-corrected chi connectivity index (χ2v) is 6.59. The lowest BCUT2D eigenvalue weighted by Crippen LogP contribution is -1.99. The minimum Gasteiger partial charge on any atom is -0.207 e. The first-order chi connectivity index (χ1) is 8.97. The van der Waals surface area contributed by atoms with Crippen LogP contribution in [-0.2, 0) is 6.42 Å². The molecular weight excluding hydrogens is 420 g/mol. The summed E-state index contributed by atoms with van der Waals surface area (Å²) < 4.78 is 13.9. The number of hydrogen-bond acceptors (Lipinski definition) is 0. The number of rotatable bonds is 3. The van der Waals surface area contributed by atoms with Crippen LogP contribution in [0.25, 0.3) is 0 Å². The lowest BCUT2D eigenvalue weighted by molar-refractivity contribution is 0.625. The summed E-state index contributed by atoms with van der Waals surface area (Å²) >= 11 is 20.3. The largest absolute Gasteiger partial charge is 0.207 e. The van der Waals surface area contributed by atoms with E-state index in [1.807, 2.05) is 6.07 Å². The first kappa shape index (κ1) is 15.4. The van der Waals surface area contributed by atoms with Gasteiger partial charge in [-0.25, -0.2) is 4.39 Å². The molecule has 0 N–H and O–H groups in total. The number of hydrogen-bond donors (Lipinski definition) is 0. The summed E-state index contributed by atoms with van der Waals surface area (Å²) in [6.07, 6.45) is 0.611. The highest BCUT2D eigenvalue weighted by Gasteiger charge is 2.13. The first-order valence-corrected chi connectivity index (χ1v) is 7.77. The van der Waals surface area contributed by atoms with Gasteiger partial charge in [0.2, 0.25) is 0 Å². The summed E-state index contributed by atoms with van der Waals surface area (Å²) in [5, 5.41) is 0.800. The van der Waals surface area contributed by atoms with Crippen LogP contribution in [0.1, 0.15) is 16.5 Å². The molecule has 1 atom stereocenters. The van der Waals surface area contributed by atoms with Gasteiger partial charge in [-0.3, -0.25) is 0 Å². The first-order valence-electron chi connectivity index (χ1n) is 5.50. The zero-order valence-electron chi connectivity index (χ0n) is 9.64. The van der Waals surface area contributed by atoms with Gasteiger partial charge < -0.3 is 0 Å². The predicted octanol–water partition coefficient (Wildman–Crippen LogP) is 6.26. The fourth-order valence-corrected chi connectivity index (χ4v) is 3.47. The average molecular weight is 429 g/mol. The highest BCUT2D eigenvalue weighted by molar-refractivity contribution is 14.1. The molecule has 0 aliphatic heterocycles. The molecule has 0 spiro atoms. The molecule has 1 unspecified atom stereocenters. The van der Waals surface area contributed by atoms with Gasteiger partial charge >= 0.3 is 0 Å². The molecule has 0 saturated carbocycles. The molecule has 0 amide bonds. The number of alkyl halides is 1. The van der Waals surface area contributed by atoms with Gasteiger partial charge in [-0.1, -0.05) is 35.3 Å². The molecular formula is C14H9Cl3FI. The zero-order chi connectivity index (χ0) is 14.0. The van der Waals surface area contributed by atoms with E-state index in [-0.39, 0.29) is 11.2 Å². The topological polar surface area (TPSA) is 0 Å². The summed E-state index contributed by atoms with van der Waals surface area (Å²) in [6.45, 7) is 0. The molecule has 100 valence electrons. The van der Waals surface area contributed by atoms with Crippen molar-refractivity contribution < 1.29 is 4.39 Å². The molecule has 5 heteroatoms. The van der Waals surface area contributed by atoms with Crippen LogP contribution in [0.15, 0.2) is 36.4 Å². The fourth-order valence-electron chi connectivity index (χ4n) is 1.74. The van der Waals surface area contributed by atoms with Gasteiger partial charge in [-0.2, -0.15) is 0 Å². The highest BCUT2D eigenvalue weighted by atomic mass is 127. The van der Waals surface area contributed by atoms with E-state index in [4.69, 9.17) is 34.8 Å². The Labute approximate surface area is 140 Å². The minimum atomic E-state index is -0.258. The van der Waals surface area contributed by atoms with Crippen molar-refractivity contribution in [3.05, 3.63) is 67.0 Å². The lowest BCUT2D eigenvalue weighted by Gasteiger charge is -2.12. The maximum Gasteiger partial charge on any atom is 0.124 e. The van der Waals surface area contributed by atoms with Crippen molar-refractivity contribution >= 4 is 57.4 Å². The standard InChI is InChI=1S/C14H9Cl3FI/c15-11-4-1-8(6-13(11)17)5-12(16)10-3-2-9(18)7-14(10)19/h1-4,6-7,12H,5H2.